The van der Waals surface area contributed by atoms with E-state index in [-0.39, 0.29) is 17.2 Å². The Morgan fingerprint density at radius 2 is 1.58 bits per heavy atom. The summed E-state index contributed by atoms with van der Waals surface area (Å²) >= 11 is 0. The number of oxime groups is 1. The Labute approximate surface area is 139 Å². The van der Waals surface area contributed by atoms with Gasteiger partial charge in [0, 0.05) is 12.1 Å². The highest BCUT2D eigenvalue weighted by Gasteiger charge is 2.13. The normalized spacial score (nSPS) is 11.4. The zero-order valence-corrected chi connectivity index (χ0v) is 13.7. The molecule has 6 heteroatoms. The molecule has 0 N–H and O–H groups in total. The highest BCUT2D eigenvalue weighted by Crippen LogP contribution is 2.15. The zero-order valence-electron chi connectivity index (χ0n) is 13.7. The lowest BCUT2D eigenvalue weighted by atomic mass is 9.99. The van der Waals surface area contributed by atoms with Crippen molar-refractivity contribution >= 4 is 17.4 Å². The topological polar surface area (TPSA) is 81.8 Å². The van der Waals surface area contributed by atoms with Crippen LogP contribution < -0.4 is 0 Å². The summed E-state index contributed by atoms with van der Waals surface area (Å²) in [5.74, 6) is -0.590. The summed E-state index contributed by atoms with van der Waals surface area (Å²) in [6, 6.07) is 13.0. The molecular formula is C18H18N2O4. The minimum atomic E-state index is -0.657. The summed E-state index contributed by atoms with van der Waals surface area (Å²) < 4.78 is 0. The maximum Gasteiger partial charge on any atom is 0.365 e. The number of nitrogens with zero attached hydrogens (tertiary/aromatic N) is 2. The van der Waals surface area contributed by atoms with Crippen LogP contribution >= 0.6 is 0 Å². The van der Waals surface area contributed by atoms with E-state index in [4.69, 9.17) is 4.84 Å². The molecule has 0 aliphatic carbocycles. The van der Waals surface area contributed by atoms with Crippen LogP contribution in [0.4, 0.5) is 5.69 Å². The van der Waals surface area contributed by atoms with Crippen molar-refractivity contribution in [3.05, 3.63) is 75.3 Å². The molecule has 2 aromatic carbocycles. The molecule has 0 saturated heterocycles. The third kappa shape index (κ3) is 4.25. The first-order chi connectivity index (χ1) is 11.4. The van der Waals surface area contributed by atoms with Gasteiger partial charge in [0.1, 0.15) is 0 Å². The smallest absolute Gasteiger partial charge is 0.313 e. The maximum atomic E-state index is 12.0. The minimum absolute atomic E-state index is 0.0670. The highest BCUT2D eigenvalue weighted by atomic mass is 16.7. The van der Waals surface area contributed by atoms with Gasteiger partial charge in [-0.15, -0.1) is 0 Å². The molecule has 124 valence electrons. The predicted octanol–water partition coefficient (Wildman–Crippen LogP) is 4.12. The van der Waals surface area contributed by atoms with Crippen LogP contribution in [0.15, 0.2) is 53.7 Å². The Bertz CT molecular complexity index is 763. The van der Waals surface area contributed by atoms with Crippen molar-refractivity contribution in [2.45, 2.75) is 20.8 Å². The summed E-state index contributed by atoms with van der Waals surface area (Å²) in [7, 11) is 0. The number of aryl methyl sites for hydroxylation is 1. The van der Waals surface area contributed by atoms with Gasteiger partial charge in [-0.2, -0.15) is 0 Å². The zero-order chi connectivity index (χ0) is 17.7. The first kappa shape index (κ1) is 17.3. The average Bonchev–Trinajstić information content (AvgIpc) is 2.56. The van der Waals surface area contributed by atoms with Gasteiger partial charge in [-0.1, -0.05) is 48.8 Å². The molecule has 0 bridgehead atoms. The Hall–Kier alpha value is -3.02. The second-order valence-electron chi connectivity index (χ2n) is 5.68. The Kier molecular flexibility index (Phi) is 5.42. The summed E-state index contributed by atoms with van der Waals surface area (Å²) in [6.45, 7) is 5.90. The van der Waals surface area contributed by atoms with E-state index in [1.165, 1.54) is 24.3 Å². The number of hydrogen-bond donors (Lipinski definition) is 0. The lowest BCUT2D eigenvalue weighted by Crippen LogP contribution is -2.12. The Balaban J connectivity index is 2.17. The predicted molar refractivity (Wildman–Crippen MR) is 91.1 cm³/mol. The molecule has 0 amide bonds. The number of carbonyl (C=O) groups excluding carboxylic acids is 1. The van der Waals surface area contributed by atoms with Crippen LogP contribution in [0, 0.1) is 23.0 Å². The number of rotatable bonds is 5. The molecule has 6 nitrogen and oxygen atoms in total. The Morgan fingerprint density at radius 3 is 2.08 bits per heavy atom. The molecule has 2 aromatic rings. The first-order valence-electron chi connectivity index (χ1n) is 7.49. The molecule has 0 saturated carbocycles. The lowest BCUT2D eigenvalue weighted by Gasteiger charge is -2.10. The van der Waals surface area contributed by atoms with Gasteiger partial charge < -0.3 is 4.84 Å². The summed E-state index contributed by atoms with van der Waals surface area (Å²) in [5, 5.41) is 14.6. The van der Waals surface area contributed by atoms with Gasteiger partial charge in [0.2, 0.25) is 0 Å². The van der Waals surface area contributed by atoms with Crippen LogP contribution in [0.2, 0.25) is 0 Å². The van der Waals surface area contributed by atoms with E-state index in [2.05, 4.69) is 5.16 Å². The summed E-state index contributed by atoms with van der Waals surface area (Å²) in [4.78, 5) is 27.1. The van der Waals surface area contributed by atoms with Gasteiger partial charge in [0.05, 0.1) is 16.2 Å². The second-order valence-corrected chi connectivity index (χ2v) is 5.68. The van der Waals surface area contributed by atoms with Gasteiger partial charge in [-0.3, -0.25) is 10.1 Å². The molecule has 0 atom stereocenters. The van der Waals surface area contributed by atoms with E-state index < -0.39 is 10.9 Å². The van der Waals surface area contributed by atoms with Crippen LogP contribution in [0.1, 0.15) is 35.3 Å². The van der Waals surface area contributed by atoms with E-state index >= 15 is 0 Å². The third-order valence-corrected chi connectivity index (χ3v) is 3.43. The first-order valence-corrected chi connectivity index (χ1v) is 7.49. The van der Waals surface area contributed by atoms with Crippen molar-refractivity contribution in [3.8, 4) is 0 Å². The summed E-state index contributed by atoms with van der Waals surface area (Å²) in [5.41, 5.74) is 2.79. The molecule has 0 spiro atoms. The van der Waals surface area contributed by atoms with Gasteiger partial charge in [-0.25, -0.2) is 4.79 Å². The number of benzene rings is 2. The highest BCUT2D eigenvalue weighted by molar-refractivity contribution is 6.02. The number of nitro benzene ring substituents is 1. The molecule has 0 radical (unpaired) electrons. The van der Waals surface area contributed by atoms with Crippen LogP contribution in [-0.4, -0.2) is 16.6 Å². The van der Waals surface area contributed by atoms with Crippen molar-refractivity contribution in [2.75, 3.05) is 0 Å². The monoisotopic (exact) mass is 326 g/mol. The van der Waals surface area contributed by atoms with Crippen molar-refractivity contribution in [1.29, 1.82) is 0 Å². The standard InChI is InChI=1S/C18H18N2O4/c1-12(2)17(14-6-4-13(3)5-7-14)19-24-18(21)15-8-10-16(11-9-15)20(22)23/h4-12H,1-3H3/b19-17-. The van der Waals surface area contributed by atoms with Gasteiger partial charge in [0.25, 0.3) is 5.69 Å². The number of non-ortho nitro benzene ring substituents is 1. The number of nitro groups is 1. The number of hydrogen-bond acceptors (Lipinski definition) is 5. The van der Waals surface area contributed by atoms with Crippen molar-refractivity contribution in [1.82, 2.24) is 0 Å². The molecular weight excluding hydrogens is 308 g/mol. The van der Waals surface area contributed by atoms with Crippen LogP contribution in [-0.2, 0) is 4.84 Å². The minimum Gasteiger partial charge on any atom is -0.313 e. The van der Waals surface area contributed by atoms with E-state index in [0.29, 0.717) is 5.71 Å². The van der Waals surface area contributed by atoms with Gasteiger partial charge >= 0.3 is 5.97 Å². The van der Waals surface area contributed by atoms with Gasteiger partial charge in [-0.05, 0) is 30.5 Å². The SMILES string of the molecule is Cc1ccc(/C(=N\OC(=O)c2ccc([N+](=O)[O-])cc2)C(C)C)cc1. The molecule has 0 aliphatic heterocycles. The lowest BCUT2D eigenvalue weighted by molar-refractivity contribution is -0.384. The molecule has 0 unspecified atom stereocenters. The quantitative estimate of drug-likeness (QED) is 0.358. The molecule has 0 aromatic heterocycles. The van der Waals surface area contributed by atoms with E-state index in [0.717, 1.165) is 11.1 Å². The molecule has 0 heterocycles. The molecule has 0 fully saturated rings. The average molecular weight is 326 g/mol. The van der Waals surface area contributed by atoms with Crippen molar-refractivity contribution in [2.24, 2.45) is 11.1 Å². The Morgan fingerprint density at radius 1 is 1.04 bits per heavy atom. The van der Waals surface area contributed by atoms with Gasteiger partial charge in [0.15, 0.2) is 0 Å². The molecule has 24 heavy (non-hydrogen) atoms. The van der Waals surface area contributed by atoms with E-state index in [1.54, 1.807) is 0 Å². The van der Waals surface area contributed by atoms with E-state index in [1.807, 2.05) is 45.0 Å². The number of carbonyl (C=O) groups is 1. The van der Waals surface area contributed by atoms with Crippen LogP contribution in [0.25, 0.3) is 0 Å². The van der Waals surface area contributed by atoms with Crippen LogP contribution in [0.5, 0.6) is 0 Å². The second kappa shape index (κ2) is 7.50. The fourth-order valence-electron chi connectivity index (χ4n) is 2.08. The third-order valence-electron chi connectivity index (χ3n) is 3.43. The summed E-state index contributed by atoms with van der Waals surface area (Å²) in [6.07, 6.45) is 0. The van der Waals surface area contributed by atoms with E-state index in [9.17, 15) is 14.9 Å². The largest absolute Gasteiger partial charge is 0.365 e. The van der Waals surface area contributed by atoms with Crippen LogP contribution in [0.3, 0.4) is 0 Å². The van der Waals surface area contributed by atoms with Crippen molar-refractivity contribution in [3.63, 3.8) is 0 Å². The maximum absolute atomic E-state index is 12.0. The molecule has 0 aliphatic rings. The fraction of sp³-hybridized carbons (Fsp3) is 0.222. The van der Waals surface area contributed by atoms with Crippen molar-refractivity contribution < 1.29 is 14.6 Å². The molecule has 2 rings (SSSR count). The fourth-order valence-corrected chi connectivity index (χ4v) is 2.08.